The predicted molar refractivity (Wildman–Crippen MR) is 160 cm³/mol. The van der Waals surface area contributed by atoms with Crippen molar-refractivity contribution in [2.75, 3.05) is 24.3 Å². The fourth-order valence-corrected chi connectivity index (χ4v) is 5.33. The molecule has 10 heteroatoms. The minimum Gasteiger partial charge on any atom is -0.375 e. The number of hydrogen-bond acceptors (Lipinski definition) is 5. The van der Waals surface area contributed by atoms with Crippen LogP contribution in [0.2, 0.25) is 6.82 Å². The number of carbonyl (C=O) groups is 1. The van der Waals surface area contributed by atoms with Gasteiger partial charge in [0.15, 0.2) is 0 Å². The number of amidine groups is 1. The first-order valence-corrected chi connectivity index (χ1v) is 14.3. The molecule has 0 aliphatic carbocycles. The number of aliphatic imine (C=N–C) groups is 1. The van der Waals surface area contributed by atoms with E-state index in [1.165, 1.54) is 19.3 Å². The summed E-state index contributed by atoms with van der Waals surface area (Å²) < 4.78 is 4.12. The molecule has 0 spiro atoms. The number of anilines is 1. The SMILES string of the molecule is CBn1c(/C(=C2/C=CC(N3CCCCC3)=N2)c2ccc(NC(=O)CCl)cc2)ccc1-n1cc(CC(C)C)nn1. The molecule has 8 nitrogen and oxygen atoms in total. The quantitative estimate of drug-likeness (QED) is 0.323. The molecule has 1 amide bonds. The van der Waals surface area contributed by atoms with Crippen molar-refractivity contribution >= 4 is 42.0 Å². The fourth-order valence-electron chi connectivity index (χ4n) is 5.26. The van der Waals surface area contributed by atoms with E-state index in [-0.39, 0.29) is 11.8 Å². The number of nitrogens with one attached hydrogen (secondary N) is 1. The lowest BCUT2D eigenvalue weighted by Gasteiger charge is -2.27. The van der Waals surface area contributed by atoms with Crippen LogP contribution in [0.15, 0.2) is 65.4 Å². The van der Waals surface area contributed by atoms with Gasteiger partial charge in [0.1, 0.15) is 17.5 Å². The maximum atomic E-state index is 11.8. The molecule has 202 valence electrons. The van der Waals surface area contributed by atoms with E-state index in [4.69, 9.17) is 16.6 Å². The van der Waals surface area contributed by atoms with Crippen LogP contribution in [-0.4, -0.2) is 62.5 Å². The summed E-state index contributed by atoms with van der Waals surface area (Å²) in [6, 6.07) is 12.1. The number of halogens is 1. The third-order valence-electron chi connectivity index (χ3n) is 7.06. The summed E-state index contributed by atoms with van der Waals surface area (Å²) in [6.45, 7) is 8.59. The lowest BCUT2D eigenvalue weighted by atomic mass is 9.94. The molecule has 2 aliphatic rings. The van der Waals surface area contributed by atoms with Crippen molar-refractivity contribution in [1.29, 1.82) is 0 Å². The molecule has 1 saturated heterocycles. The molecule has 0 radical (unpaired) electrons. The number of piperidine rings is 1. The van der Waals surface area contributed by atoms with Crippen molar-refractivity contribution in [2.45, 2.75) is 46.4 Å². The summed E-state index contributed by atoms with van der Waals surface area (Å²) in [7, 11) is 0.754. The molecule has 1 fully saturated rings. The molecule has 1 N–H and O–H groups in total. The molecule has 0 unspecified atom stereocenters. The number of benzene rings is 1. The van der Waals surface area contributed by atoms with E-state index in [0.29, 0.717) is 11.6 Å². The van der Waals surface area contributed by atoms with E-state index in [2.05, 4.69) is 70.0 Å². The minimum atomic E-state index is -0.230. The maximum Gasteiger partial charge on any atom is 0.241 e. The Kier molecular flexibility index (Phi) is 8.36. The molecule has 4 heterocycles. The van der Waals surface area contributed by atoms with Gasteiger partial charge in [-0.15, -0.1) is 16.7 Å². The van der Waals surface area contributed by atoms with E-state index in [1.807, 2.05) is 35.1 Å². The highest BCUT2D eigenvalue weighted by atomic mass is 35.5. The third kappa shape index (κ3) is 6.03. The summed E-state index contributed by atoms with van der Waals surface area (Å²) in [5, 5.41) is 11.7. The Labute approximate surface area is 235 Å². The summed E-state index contributed by atoms with van der Waals surface area (Å²) in [6.07, 6.45) is 10.8. The van der Waals surface area contributed by atoms with Gasteiger partial charge in [-0.1, -0.05) is 38.0 Å². The van der Waals surface area contributed by atoms with Crippen LogP contribution in [-0.2, 0) is 11.2 Å². The summed E-state index contributed by atoms with van der Waals surface area (Å²) >= 11 is 5.68. The number of alkyl halides is 1. The van der Waals surface area contributed by atoms with Gasteiger partial charge in [0.2, 0.25) is 13.3 Å². The molecule has 0 bridgehead atoms. The van der Waals surface area contributed by atoms with Crippen LogP contribution in [0.3, 0.4) is 0 Å². The number of amides is 1. The molecule has 1 aromatic carbocycles. The van der Waals surface area contributed by atoms with Gasteiger partial charge in [-0.2, -0.15) is 0 Å². The first kappa shape index (κ1) is 27.0. The number of aromatic nitrogens is 4. The zero-order chi connectivity index (χ0) is 27.4. The Morgan fingerprint density at radius 2 is 1.85 bits per heavy atom. The van der Waals surface area contributed by atoms with E-state index in [9.17, 15) is 4.79 Å². The number of nitrogens with zero attached hydrogens (tertiary/aromatic N) is 6. The van der Waals surface area contributed by atoms with Crippen molar-refractivity contribution in [3.8, 4) is 5.82 Å². The monoisotopic (exact) mass is 543 g/mol. The van der Waals surface area contributed by atoms with Crippen molar-refractivity contribution in [3.63, 3.8) is 0 Å². The molecule has 2 aliphatic heterocycles. The molecule has 2 aromatic heterocycles. The molecule has 0 atom stereocenters. The molecular formula is C29H35BClN7O. The van der Waals surface area contributed by atoms with Gasteiger partial charge in [-0.3, -0.25) is 4.79 Å². The largest absolute Gasteiger partial charge is 0.375 e. The van der Waals surface area contributed by atoms with E-state index in [0.717, 1.165) is 66.8 Å². The second-order valence-electron chi connectivity index (χ2n) is 10.4. The highest BCUT2D eigenvalue weighted by Crippen LogP contribution is 2.33. The average Bonchev–Trinajstić information content (AvgIpc) is 3.70. The molecule has 3 aromatic rings. The Morgan fingerprint density at radius 3 is 2.54 bits per heavy atom. The van der Waals surface area contributed by atoms with E-state index in [1.54, 1.807) is 0 Å². The van der Waals surface area contributed by atoms with E-state index >= 15 is 0 Å². The number of likely N-dealkylation sites (tertiary alicyclic amines) is 1. The van der Waals surface area contributed by atoms with Crippen molar-refractivity contribution in [1.82, 2.24) is 24.4 Å². The first-order valence-electron chi connectivity index (χ1n) is 13.8. The number of allylic oxidation sites excluding steroid dienone is 1. The van der Waals surface area contributed by atoms with Crippen LogP contribution in [0.5, 0.6) is 0 Å². The van der Waals surface area contributed by atoms with Gasteiger partial charge < -0.3 is 14.7 Å². The van der Waals surface area contributed by atoms with Crippen molar-refractivity contribution < 1.29 is 4.79 Å². The highest BCUT2D eigenvalue weighted by molar-refractivity contribution is 6.33. The van der Waals surface area contributed by atoms with Gasteiger partial charge in [0.05, 0.1) is 17.6 Å². The standard InChI is InChI=1S/C29H35BClN7O/c1-20(2)17-23-19-37(35-34-23)28-14-12-25(38(28)30-3)29(21-7-9-22(10-8-21)32-27(39)18-31)24-11-13-26(33-24)36-15-5-4-6-16-36/h7-14,19-20,30H,4-6,15-18H2,1-3H3,(H,32,39)/b29-24-. The highest BCUT2D eigenvalue weighted by Gasteiger charge is 2.22. The zero-order valence-corrected chi connectivity index (χ0v) is 23.7. The first-order chi connectivity index (χ1) is 19.0. The van der Waals surface area contributed by atoms with Crippen LogP contribution in [0, 0.1) is 5.92 Å². The lowest BCUT2D eigenvalue weighted by Crippen LogP contribution is -2.33. The van der Waals surface area contributed by atoms with Crippen LogP contribution >= 0.6 is 11.6 Å². The van der Waals surface area contributed by atoms with Crippen LogP contribution in [0.25, 0.3) is 11.4 Å². The topological polar surface area (TPSA) is 80.3 Å². The molecule has 0 saturated carbocycles. The normalized spacial score (nSPS) is 16.5. The van der Waals surface area contributed by atoms with Crippen LogP contribution in [0.4, 0.5) is 5.69 Å². The Balaban J connectivity index is 1.58. The van der Waals surface area contributed by atoms with Gasteiger partial charge in [0.25, 0.3) is 0 Å². The van der Waals surface area contributed by atoms with Crippen molar-refractivity contribution in [2.24, 2.45) is 10.9 Å². The predicted octanol–water partition coefficient (Wildman–Crippen LogP) is 4.91. The Bertz CT molecular complexity index is 1410. The second kappa shape index (κ2) is 12.1. The third-order valence-corrected chi connectivity index (χ3v) is 7.31. The zero-order valence-electron chi connectivity index (χ0n) is 22.9. The smallest absolute Gasteiger partial charge is 0.241 e. The second-order valence-corrected chi connectivity index (χ2v) is 10.7. The van der Waals surface area contributed by atoms with Gasteiger partial charge in [-0.05, 0) is 73.6 Å². The maximum absolute atomic E-state index is 11.8. The molecule has 39 heavy (non-hydrogen) atoms. The molecule has 5 rings (SSSR count). The van der Waals surface area contributed by atoms with E-state index < -0.39 is 0 Å². The minimum absolute atomic E-state index is 0.0796. The van der Waals surface area contributed by atoms with Gasteiger partial charge in [0, 0.05) is 30.0 Å². The number of carbonyl (C=O) groups excluding carboxylic acids is 1. The van der Waals surface area contributed by atoms with Crippen LogP contribution in [0.1, 0.15) is 50.1 Å². The number of hydrogen-bond donors (Lipinski definition) is 1. The lowest BCUT2D eigenvalue weighted by molar-refractivity contribution is -0.113. The number of rotatable bonds is 8. The van der Waals surface area contributed by atoms with Gasteiger partial charge >= 0.3 is 0 Å². The Hall–Kier alpha value is -3.59. The van der Waals surface area contributed by atoms with Crippen LogP contribution < -0.4 is 5.32 Å². The summed E-state index contributed by atoms with van der Waals surface area (Å²) in [5.74, 6) is 2.19. The van der Waals surface area contributed by atoms with Crippen molar-refractivity contribution in [3.05, 3.63) is 77.4 Å². The summed E-state index contributed by atoms with van der Waals surface area (Å²) in [4.78, 5) is 19.3. The Morgan fingerprint density at radius 1 is 1.08 bits per heavy atom. The van der Waals surface area contributed by atoms with Gasteiger partial charge in [-0.25, -0.2) is 9.67 Å². The fraction of sp³-hybridized carbons (Fsp3) is 0.379. The summed E-state index contributed by atoms with van der Waals surface area (Å²) in [5.41, 5.74) is 5.71. The molecular weight excluding hydrogens is 509 g/mol. The average molecular weight is 544 g/mol.